The van der Waals surface area contributed by atoms with Crippen molar-refractivity contribution in [3.63, 3.8) is 0 Å². The number of hydrogen-bond acceptors (Lipinski definition) is 3. The molecule has 4 nitrogen and oxygen atoms in total. The SMILES string of the molecule is CCCNC(CC)c1cnn(CCCOC)c1. The van der Waals surface area contributed by atoms with Gasteiger partial charge in [0.15, 0.2) is 0 Å². The van der Waals surface area contributed by atoms with Gasteiger partial charge in [-0.15, -0.1) is 0 Å². The van der Waals surface area contributed by atoms with Crippen LogP contribution in [0.3, 0.4) is 0 Å². The molecule has 1 aromatic heterocycles. The number of methoxy groups -OCH3 is 1. The summed E-state index contributed by atoms with van der Waals surface area (Å²) in [5.74, 6) is 0. The van der Waals surface area contributed by atoms with Gasteiger partial charge in [-0.2, -0.15) is 5.10 Å². The Labute approximate surface area is 104 Å². The fourth-order valence-corrected chi connectivity index (χ4v) is 1.87. The standard InChI is InChI=1S/C13H25N3O/c1-4-7-14-13(5-2)12-10-15-16(11-12)8-6-9-17-3/h10-11,13-14H,4-9H2,1-3H3. The van der Waals surface area contributed by atoms with Gasteiger partial charge < -0.3 is 10.1 Å². The lowest BCUT2D eigenvalue weighted by molar-refractivity contribution is 0.189. The number of aromatic nitrogens is 2. The normalized spacial score (nSPS) is 12.9. The van der Waals surface area contributed by atoms with Gasteiger partial charge in [-0.25, -0.2) is 0 Å². The number of hydrogen-bond donors (Lipinski definition) is 1. The summed E-state index contributed by atoms with van der Waals surface area (Å²) in [6.45, 7) is 7.18. The first-order valence-corrected chi connectivity index (χ1v) is 6.56. The zero-order valence-corrected chi connectivity index (χ0v) is 11.3. The lowest BCUT2D eigenvalue weighted by Crippen LogP contribution is -2.21. The molecular weight excluding hydrogens is 214 g/mol. The third-order valence-electron chi connectivity index (χ3n) is 2.84. The van der Waals surface area contributed by atoms with E-state index in [0.717, 1.165) is 32.5 Å². The van der Waals surface area contributed by atoms with Crippen molar-refractivity contribution >= 4 is 0 Å². The molecule has 0 fully saturated rings. The fourth-order valence-electron chi connectivity index (χ4n) is 1.87. The van der Waals surface area contributed by atoms with E-state index in [0.29, 0.717) is 6.04 Å². The largest absolute Gasteiger partial charge is 0.385 e. The predicted octanol–water partition coefficient (Wildman–Crippen LogP) is 2.37. The van der Waals surface area contributed by atoms with Crippen molar-refractivity contribution in [1.82, 2.24) is 15.1 Å². The van der Waals surface area contributed by atoms with E-state index in [4.69, 9.17) is 4.74 Å². The van der Waals surface area contributed by atoms with Crippen LogP contribution < -0.4 is 5.32 Å². The molecule has 0 saturated heterocycles. The van der Waals surface area contributed by atoms with Crippen LogP contribution in [-0.4, -0.2) is 30.0 Å². The van der Waals surface area contributed by atoms with Crippen LogP contribution in [0, 0.1) is 0 Å². The van der Waals surface area contributed by atoms with Gasteiger partial charge in [0.05, 0.1) is 6.20 Å². The van der Waals surface area contributed by atoms with Crippen LogP contribution in [0.1, 0.15) is 44.7 Å². The number of rotatable bonds is 9. The van der Waals surface area contributed by atoms with Crippen molar-refractivity contribution in [2.75, 3.05) is 20.3 Å². The average molecular weight is 239 g/mol. The predicted molar refractivity (Wildman–Crippen MR) is 70.0 cm³/mol. The molecule has 0 saturated carbocycles. The van der Waals surface area contributed by atoms with E-state index in [-0.39, 0.29) is 0 Å². The Hall–Kier alpha value is -0.870. The van der Waals surface area contributed by atoms with E-state index in [1.807, 2.05) is 10.9 Å². The first-order valence-electron chi connectivity index (χ1n) is 6.56. The van der Waals surface area contributed by atoms with E-state index in [1.54, 1.807) is 7.11 Å². The molecule has 17 heavy (non-hydrogen) atoms. The lowest BCUT2D eigenvalue weighted by Gasteiger charge is -2.14. The summed E-state index contributed by atoms with van der Waals surface area (Å²) in [5.41, 5.74) is 1.29. The monoisotopic (exact) mass is 239 g/mol. The highest BCUT2D eigenvalue weighted by Gasteiger charge is 2.10. The molecule has 0 aliphatic heterocycles. The highest BCUT2D eigenvalue weighted by Crippen LogP contribution is 2.15. The zero-order chi connectivity index (χ0) is 12.5. The van der Waals surface area contributed by atoms with Crippen LogP contribution >= 0.6 is 0 Å². The van der Waals surface area contributed by atoms with Gasteiger partial charge in [0, 0.05) is 38.1 Å². The second kappa shape index (κ2) is 8.25. The van der Waals surface area contributed by atoms with Gasteiger partial charge in [-0.05, 0) is 25.8 Å². The molecule has 1 N–H and O–H groups in total. The molecule has 0 aromatic carbocycles. The summed E-state index contributed by atoms with van der Waals surface area (Å²) in [5, 5.41) is 7.92. The van der Waals surface area contributed by atoms with Gasteiger partial charge in [-0.3, -0.25) is 4.68 Å². The molecule has 0 aliphatic rings. The molecule has 1 rings (SSSR count). The van der Waals surface area contributed by atoms with Gasteiger partial charge in [-0.1, -0.05) is 13.8 Å². The van der Waals surface area contributed by atoms with Crippen molar-refractivity contribution in [1.29, 1.82) is 0 Å². The Morgan fingerprint density at radius 1 is 1.47 bits per heavy atom. The Morgan fingerprint density at radius 3 is 2.94 bits per heavy atom. The maximum Gasteiger partial charge on any atom is 0.0537 e. The number of nitrogens with one attached hydrogen (secondary N) is 1. The quantitative estimate of drug-likeness (QED) is 0.672. The van der Waals surface area contributed by atoms with Crippen LogP contribution in [0.25, 0.3) is 0 Å². The molecule has 1 unspecified atom stereocenters. The van der Waals surface area contributed by atoms with Crippen LogP contribution in [0.2, 0.25) is 0 Å². The number of ether oxygens (including phenoxy) is 1. The summed E-state index contributed by atoms with van der Waals surface area (Å²) in [6.07, 6.45) is 7.40. The van der Waals surface area contributed by atoms with Crippen LogP contribution in [0.4, 0.5) is 0 Å². The van der Waals surface area contributed by atoms with Crippen molar-refractivity contribution < 1.29 is 4.74 Å². The minimum atomic E-state index is 0.436. The molecule has 0 radical (unpaired) electrons. The summed E-state index contributed by atoms with van der Waals surface area (Å²) in [7, 11) is 1.73. The molecule has 1 aromatic rings. The second-order valence-corrected chi connectivity index (χ2v) is 4.30. The molecule has 1 atom stereocenters. The minimum absolute atomic E-state index is 0.436. The van der Waals surface area contributed by atoms with Gasteiger partial charge in [0.1, 0.15) is 0 Å². The molecule has 1 heterocycles. The fraction of sp³-hybridized carbons (Fsp3) is 0.769. The minimum Gasteiger partial charge on any atom is -0.385 e. The molecule has 4 heteroatoms. The highest BCUT2D eigenvalue weighted by atomic mass is 16.5. The first kappa shape index (κ1) is 14.2. The lowest BCUT2D eigenvalue weighted by atomic mass is 10.1. The van der Waals surface area contributed by atoms with E-state index in [2.05, 4.69) is 30.5 Å². The Balaban J connectivity index is 2.46. The average Bonchev–Trinajstić information content (AvgIpc) is 2.79. The third-order valence-corrected chi connectivity index (χ3v) is 2.84. The molecule has 0 amide bonds. The van der Waals surface area contributed by atoms with Crippen molar-refractivity contribution in [3.8, 4) is 0 Å². The highest BCUT2D eigenvalue weighted by molar-refractivity contribution is 5.10. The third kappa shape index (κ3) is 4.88. The van der Waals surface area contributed by atoms with Crippen LogP contribution in [-0.2, 0) is 11.3 Å². The summed E-state index contributed by atoms with van der Waals surface area (Å²) < 4.78 is 7.04. The van der Waals surface area contributed by atoms with Gasteiger partial charge in [0.25, 0.3) is 0 Å². The maximum absolute atomic E-state index is 5.04. The first-order chi connectivity index (χ1) is 8.31. The molecular formula is C13H25N3O. The molecule has 0 aliphatic carbocycles. The summed E-state index contributed by atoms with van der Waals surface area (Å²) in [6, 6.07) is 0.436. The molecule has 98 valence electrons. The van der Waals surface area contributed by atoms with E-state index in [1.165, 1.54) is 12.0 Å². The van der Waals surface area contributed by atoms with Crippen LogP contribution in [0.15, 0.2) is 12.4 Å². The summed E-state index contributed by atoms with van der Waals surface area (Å²) in [4.78, 5) is 0. The Kier molecular flexibility index (Phi) is 6.89. The smallest absolute Gasteiger partial charge is 0.0537 e. The van der Waals surface area contributed by atoms with Crippen molar-refractivity contribution in [2.45, 2.75) is 45.7 Å². The van der Waals surface area contributed by atoms with Gasteiger partial charge in [0.2, 0.25) is 0 Å². The van der Waals surface area contributed by atoms with E-state index < -0.39 is 0 Å². The van der Waals surface area contributed by atoms with E-state index in [9.17, 15) is 0 Å². The Morgan fingerprint density at radius 2 is 2.29 bits per heavy atom. The zero-order valence-electron chi connectivity index (χ0n) is 11.3. The second-order valence-electron chi connectivity index (χ2n) is 4.30. The number of aryl methyl sites for hydroxylation is 1. The summed E-state index contributed by atoms with van der Waals surface area (Å²) >= 11 is 0. The number of nitrogens with zero attached hydrogens (tertiary/aromatic N) is 2. The van der Waals surface area contributed by atoms with Crippen molar-refractivity contribution in [3.05, 3.63) is 18.0 Å². The van der Waals surface area contributed by atoms with Gasteiger partial charge >= 0.3 is 0 Å². The Bertz CT molecular complexity index is 299. The van der Waals surface area contributed by atoms with E-state index >= 15 is 0 Å². The van der Waals surface area contributed by atoms with Crippen LogP contribution in [0.5, 0.6) is 0 Å². The topological polar surface area (TPSA) is 39.1 Å². The maximum atomic E-state index is 5.04. The molecule has 0 spiro atoms. The van der Waals surface area contributed by atoms with Crippen molar-refractivity contribution in [2.24, 2.45) is 0 Å². The molecule has 0 bridgehead atoms.